The van der Waals surface area contributed by atoms with Crippen LogP contribution in [0.2, 0.25) is 0 Å². The first-order chi connectivity index (χ1) is 54.7. The predicted molar refractivity (Wildman–Crippen MR) is 407 cm³/mol. The summed E-state index contributed by atoms with van der Waals surface area (Å²) in [6.45, 7) is 16.8. The number of carbonyl (C=O) groups is 9. The highest BCUT2D eigenvalue weighted by Gasteiger charge is 2.43. The molecule has 3 atom stereocenters. The molecular weight excluding hydrogens is 1430 g/mol. The number of nitrogens with zero attached hydrogens (tertiary/aromatic N) is 9. The number of halogens is 3. The maximum atomic E-state index is 14.6. The van der Waals surface area contributed by atoms with Gasteiger partial charge in [0.1, 0.15) is 72.6 Å². The number of carbonyl (C=O) groups excluding carboxylic acids is 9. The van der Waals surface area contributed by atoms with Crippen LogP contribution in [0, 0.1) is 17.5 Å². The summed E-state index contributed by atoms with van der Waals surface area (Å²) in [5, 5.41) is 16.1. The molecule has 6 fully saturated rings. The van der Waals surface area contributed by atoms with Crippen LogP contribution in [-0.4, -0.2) is 254 Å². The number of hydrogen-bond donors (Lipinski definition) is 6. The van der Waals surface area contributed by atoms with Crippen LogP contribution in [0.1, 0.15) is 107 Å². The van der Waals surface area contributed by atoms with Crippen molar-refractivity contribution in [2.24, 2.45) is 0 Å². The first-order valence-corrected chi connectivity index (χ1v) is 37.8. The van der Waals surface area contributed by atoms with Gasteiger partial charge >= 0.3 is 0 Å². The second-order valence-corrected chi connectivity index (χ2v) is 28.9. The Kier molecular flexibility index (Phi) is 24.3. The lowest BCUT2D eigenvalue weighted by Crippen LogP contribution is -2.52. The highest BCUT2D eigenvalue weighted by molar-refractivity contribution is 6.08. The average Bonchev–Trinajstić information content (AvgIpc) is 1.58. The Hall–Kier alpha value is -10.5. The lowest BCUT2D eigenvalue weighted by atomic mass is 10.0. The number of piperidine rings is 3. The maximum absolute atomic E-state index is 14.6. The third kappa shape index (κ3) is 19.5. The van der Waals surface area contributed by atoms with Gasteiger partial charge in [0.2, 0.25) is 35.4 Å². The fraction of sp³-hybridized carbons (Fsp3) is 0.444. The maximum Gasteiger partial charge on any atom is 0.255 e. The molecule has 9 heterocycles. The van der Waals surface area contributed by atoms with E-state index >= 15 is 0 Å². The molecule has 0 aliphatic carbocycles. The van der Waals surface area contributed by atoms with Crippen LogP contribution in [0.25, 0.3) is 0 Å². The lowest BCUT2D eigenvalue weighted by molar-refractivity contribution is -0.138. The molecule has 6 aromatic carbocycles. The fourth-order valence-corrected chi connectivity index (χ4v) is 14.7. The molecule has 0 spiro atoms. The standard InChI is InChI=1S/3C27H32FN5O4/c3*1-31-9-11-32(12-10-31)13-14-37-19-5-6-22(28)18(15-19)16-29-23-4-2-3-20-21(23)17-33(27(20)36)24-7-8-25(34)30-26(24)35/h3*2-6,15,24,29H,7-14,16-17H2,1H3,(H,30,34,35)/t2*24-;/m10./s1/i3*24D. The van der Waals surface area contributed by atoms with E-state index < -0.39 is 71.2 Å². The summed E-state index contributed by atoms with van der Waals surface area (Å²) in [4.78, 5) is 129. The third-order valence-electron chi connectivity index (χ3n) is 21.5. The summed E-state index contributed by atoms with van der Waals surface area (Å²) in [6, 6.07) is 23.9. The van der Waals surface area contributed by atoms with Gasteiger partial charge in [0.25, 0.3) is 17.7 Å². The van der Waals surface area contributed by atoms with Gasteiger partial charge in [0, 0.05) is 224 Å². The summed E-state index contributed by atoms with van der Waals surface area (Å²) in [6.07, 6.45) is -0.207. The van der Waals surface area contributed by atoms with Gasteiger partial charge in [-0.3, -0.25) is 73.8 Å². The number of ether oxygens (including phenoxy) is 3. The van der Waals surface area contributed by atoms with Gasteiger partial charge in [-0.25, -0.2) is 13.2 Å². The van der Waals surface area contributed by atoms with E-state index in [0.717, 1.165) is 98.2 Å². The molecule has 9 amide bonds. The van der Waals surface area contributed by atoms with Gasteiger partial charge in [-0.05, 0) is 131 Å². The number of amides is 9. The fourth-order valence-electron chi connectivity index (χ4n) is 14.7. The molecule has 111 heavy (non-hydrogen) atoms. The zero-order chi connectivity index (χ0) is 80.6. The van der Waals surface area contributed by atoms with Crippen LogP contribution >= 0.6 is 0 Å². The van der Waals surface area contributed by atoms with Crippen LogP contribution in [-0.2, 0) is 68.0 Å². The van der Waals surface area contributed by atoms with Crippen molar-refractivity contribution in [1.29, 1.82) is 0 Å². The minimum atomic E-state index is -1.86. The van der Waals surface area contributed by atoms with Crippen molar-refractivity contribution in [2.45, 2.75) is 95.8 Å². The summed E-state index contributed by atoms with van der Waals surface area (Å²) in [7, 11) is 6.34. The minimum Gasteiger partial charge on any atom is -0.492 e. The van der Waals surface area contributed by atoms with Gasteiger partial charge in [-0.1, -0.05) is 18.2 Å². The van der Waals surface area contributed by atoms with Gasteiger partial charge in [-0.2, -0.15) is 0 Å². The minimum absolute atomic E-state index is 0.00641. The highest BCUT2D eigenvalue weighted by atomic mass is 19.1. The van der Waals surface area contributed by atoms with Gasteiger partial charge < -0.3 is 59.6 Å². The lowest BCUT2D eigenvalue weighted by Gasteiger charge is -2.32. The first-order valence-electron chi connectivity index (χ1n) is 39.3. The zero-order valence-corrected chi connectivity index (χ0v) is 62.7. The molecule has 15 rings (SSSR count). The summed E-state index contributed by atoms with van der Waals surface area (Å²) < 4.78 is 87.5. The molecule has 9 aliphatic heterocycles. The zero-order valence-electron chi connectivity index (χ0n) is 65.7. The monoisotopic (exact) mass is 1530 g/mol. The van der Waals surface area contributed by atoms with Crippen molar-refractivity contribution in [3.05, 3.63) is 177 Å². The number of piperazine rings is 3. The summed E-state index contributed by atoms with van der Waals surface area (Å²) in [5.74, 6) is -4.40. The Labute approximate surface area is 647 Å². The van der Waals surface area contributed by atoms with Crippen molar-refractivity contribution in [3.63, 3.8) is 0 Å². The third-order valence-corrected chi connectivity index (χ3v) is 21.5. The van der Waals surface area contributed by atoms with E-state index in [4.69, 9.17) is 18.3 Å². The molecule has 6 N–H and O–H groups in total. The molecule has 30 heteroatoms. The number of nitrogens with one attached hydrogen (secondary N) is 6. The van der Waals surface area contributed by atoms with E-state index in [1.54, 1.807) is 91.0 Å². The number of likely N-dealkylation sites (N-methyl/N-ethyl adjacent to an activating group) is 3. The van der Waals surface area contributed by atoms with E-state index in [2.05, 4.69) is 82.4 Å². The van der Waals surface area contributed by atoms with Gasteiger partial charge in [0.15, 0.2) is 0 Å². The van der Waals surface area contributed by atoms with Crippen molar-refractivity contribution in [2.75, 3.05) is 155 Å². The number of fused-ring (bicyclic) bond motifs is 3. The molecule has 27 nitrogen and oxygen atoms in total. The van der Waals surface area contributed by atoms with E-state index in [1.807, 2.05) is 0 Å². The highest BCUT2D eigenvalue weighted by Crippen LogP contribution is 2.37. The van der Waals surface area contributed by atoms with Crippen LogP contribution in [0.15, 0.2) is 109 Å². The second-order valence-electron chi connectivity index (χ2n) is 28.9. The van der Waals surface area contributed by atoms with Crippen LogP contribution in [0.3, 0.4) is 0 Å². The predicted octanol–water partition coefficient (Wildman–Crippen LogP) is 5.48. The number of imide groups is 3. The summed E-state index contributed by atoms with van der Waals surface area (Å²) >= 11 is 0. The Morgan fingerprint density at radius 1 is 0.387 bits per heavy atom. The topological polar surface area (TPSA) is 283 Å². The molecule has 0 bridgehead atoms. The van der Waals surface area contributed by atoms with Crippen molar-refractivity contribution in [3.8, 4) is 17.2 Å². The number of hydrogen-bond acceptors (Lipinski definition) is 21. The molecule has 9 aliphatic rings. The molecule has 0 saturated carbocycles. The Morgan fingerprint density at radius 2 is 0.658 bits per heavy atom. The number of benzene rings is 6. The Morgan fingerprint density at radius 3 is 0.919 bits per heavy atom. The molecule has 6 aromatic rings. The van der Waals surface area contributed by atoms with E-state index in [1.165, 1.54) is 32.9 Å². The molecule has 588 valence electrons. The molecule has 6 saturated heterocycles. The SMILES string of the molecule is [2H]C1(N2Cc3c(NCc4cc(OCCN5CCN(C)CC5)ccc4F)cccc3C2=O)CCC(=O)NC1=O.[2H][C@@]1(N2Cc3c(NCc4cc(OCCN5CCN(C)CC5)ccc4F)cccc3C2=O)CCC(=O)NC1=O.[2H][C@]1(N2Cc3c(NCc4cc(OCCN5CCN(C)CC5)ccc4F)cccc3C2=O)CCC(=O)NC1=O. The van der Waals surface area contributed by atoms with Crippen molar-refractivity contribution in [1.82, 2.24) is 60.0 Å². The molecule has 0 aromatic heterocycles. The van der Waals surface area contributed by atoms with E-state index in [0.29, 0.717) is 104 Å². The smallest absolute Gasteiger partial charge is 0.255 e. The molecule has 0 radical (unpaired) electrons. The molecular formula is C81H96F3N15O12. The van der Waals surface area contributed by atoms with Gasteiger partial charge in [-0.15, -0.1) is 0 Å². The van der Waals surface area contributed by atoms with Gasteiger partial charge in [0.05, 0.1) is 4.11 Å². The second kappa shape index (κ2) is 36.1. The largest absolute Gasteiger partial charge is 0.492 e. The molecule has 1 unspecified atom stereocenters. The number of anilines is 3. The quantitative estimate of drug-likeness (QED) is 0.0410. The van der Waals surface area contributed by atoms with Crippen molar-refractivity contribution >= 4 is 70.2 Å². The van der Waals surface area contributed by atoms with Crippen LogP contribution in [0.4, 0.5) is 30.2 Å². The van der Waals surface area contributed by atoms with Crippen molar-refractivity contribution < 1.29 is 74.6 Å². The van der Waals surface area contributed by atoms with E-state index in [-0.39, 0.29) is 95.2 Å². The summed E-state index contributed by atoms with van der Waals surface area (Å²) in [5.41, 5.74) is 6.17. The van der Waals surface area contributed by atoms with E-state index in [9.17, 15) is 56.3 Å². The average molecular weight is 1530 g/mol. The normalized spacial score (nSPS) is 23.0. The Balaban J connectivity index is 0.000000149. The Bertz CT molecular complexity index is 4210. The first kappa shape index (κ1) is 74.6. The number of rotatable bonds is 24. The van der Waals surface area contributed by atoms with Crippen LogP contribution < -0.4 is 46.1 Å². The van der Waals surface area contributed by atoms with Crippen LogP contribution in [0.5, 0.6) is 17.2 Å².